The van der Waals surface area contributed by atoms with E-state index in [0.717, 1.165) is 39.9 Å². The van der Waals surface area contributed by atoms with Crippen LogP contribution in [0.15, 0.2) is 72.9 Å². The average Bonchev–Trinajstić information content (AvgIpc) is 3.23. The van der Waals surface area contributed by atoms with Crippen LogP contribution >= 0.6 is 11.3 Å². The predicted molar refractivity (Wildman–Crippen MR) is 124 cm³/mol. The average molecular weight is 431 g/mol. The van der Waals surface area contributed by atoms with Gasteiger partial charge in [-0.15, -0.1) is 11.3 Å². The third-order valence-electron chi connectivity index (χ3n) is 4.66. The van der Waals surface area contributed by atoms with Crippen LogP contribution in [0.25, 0.3) is 10.6 Å². The number of carboxylic acid groups (broad SMARTS) is 1. The quantitative estimate of drug-likeness (QED) is 0.354. The summed E-state index contributed by atoms with van der Waals surface area (Å²) in [5.41, 5.74) is 3.40. The molecule has 0 fully saturated rings. The van der Waals surface area contributed by atoms with Crippen molar-refractivity contribution in [3.63, 3.8) is 0 Å². The highest BCUT2D eigenvalue weighted by atomic mass is 32.1. The van der Waals surface area contributed by atoms with Crippen LogP contribution in [-0.4, -0.2) is 21.0 Å². The van der Waals surface area contributed by atoms with E-state index in [1.807, 2.05) is 49.4 Å². The van der Waals surface area contributed by atoms with Gasteiger partial charge >= 0.3 is 5.97 Å². The number of benzene rings is 1. The first-order chi connectivity index (χ1) is 15.1. The Bertz CT molecular complexity index is 1190. The molecule has 0 spiro atoms. The van der Waals surface area contributed by atoms with E-state index in [1.54, 1.807) is 29.7 Å². The van der Waals surface area contributed by atoms with Crippen molar-refractivity contribution in [1.29, 1.82) is 0 Å². The van der Waals surface area contributed by atoms with Crippen molar-refractivity contribution in [2.45, 2.75) is 20.0 Å². The molecule has 6 nitrogen and oxygen atoms in total. The molecular weight excluding hydrogens is 408 g/mol. The topological polar surface area (TPSA) is 87.1 Å². The minimum atomic E-state index is -0.909. The fourth-order valence-corrected chi connectivity index (χ4v) is 4.03. The van der Waals surface area contributed by atoms with E-state index >= 15 is 0 Å². The Hall–Kier alpha value is -3.55. The van der Waals surface area contributed by atoms with E-state index in [1.165, 1.54) is 4.88 Å². The molecule has 0 saturated carbocycles. The van der Waals surface area contributed by atoms with E-state index in [-0.39, 0.29) is 0 Å². The maximum Gasteiger partial charge on any atom is 0.335 e. The summed E-state index contributed by atoms with van der Waals surface area (Å²) < 4.78 is 0. The van der Waals surface area contributed by atoms with Gasteiger partial charge in [-0.2, -0.15) is 0 Å². The molecule has 3 N–H and O–H groups in total. The maximum absolute atomic E-state index is 10.9. The Labute approximate surface area is 184 Å². The molecule has 156 valence electrons. The molecule has 0 saturated heterocycles. The highest BCUT2D eigenvalue weighted by molar-refractivity contribution is 7.15. The Morgan fingerprint density at radius 3 is 2.61 bits per heavy atom. The van der Waals surface area contributed by atoms with Gasteiger partial charge in [0.15, 0.2) is 0 Å². The Kier molecular flexibility index (Phi) is 6.35. The monoisotopic (exact) mass is 430 g/mol. The maximum atomic E-state index is 10.9. The molecule has 0 aliphatic carbocycles. The summed E-state index contributed by atoms with van der Waals surface area (Å²) in [7, 11) is 0. The van der Waals surface area contributed by atoms with E-state index < -0.39 is 5.97 Å². The second-order valence-electron chi connectivity index (χ2n) is 7.12. The zero-order valence-electron chi connectivity index (χ0n) is 17.0. The van der Waals surface area contributed by atoms with Crippen LogP contribution in [-0.2, 0) is 13.1 Å². The molecule has 1 aromatic carbocycles. The van der Waals surface area contributed by atoms with Crippen LogP contribution < -0.4 is 10.6 Å². The first kappa shape index (κ1) is 20.7. The highest BCUT2D eigenvalue weighted by Crippen LogP contribution is 2.28. The first-order valence-electron chi connectivity index (χ1n) is 9.85. The number of carbonyl (C=O) groups is 1. The molecule has 0 radical (unpaired) electrons. The van der Waals surface area contributed by atoms with Crippen molar-refractivity contribution < 1.29 is 9.90 Å². The number of nitrogens with zero attached hydrogens (tertiary/aromatic N) is 2. The molecule has 0 unspecified atom stereocenters. The number of anilines is 2. The second-order valence-corrected chi connectivity index (χ2v) is 8.29. The summed E-state index contributed by atoms with van der Waals surface area (Å²) in [5, 5.41) is 15.6. The second kappa shape index (κ2) is 9.51. The minimum Gasteiger partial charge on any atom is -0.478 e. The summed E-state index contributed by atoms with van der Waals surface area (Å²) in [6, 6.07) is 21.0. The predicted octanol–water partition coefficient (Wildman–Crippen LogP) is 5.25. The normalized spacial score (nSPS) is 10.7. The minimum absolute atomic E-state index is 0.300. The third kappa shape index (κ3) is 5.53. The van der Waals surface area contributed by atoms with Gasteiger partial charge in [0, 0.05) is 24.2 Å². The number of hydrogen-bond acceptors (Lipinski definition) is 6. The van der Waals surface area contributed by atoms with Crippen molar-refractivity contribution in [3.05, 3.63) is 94.5 Å². The largest absolute Gasteiger partial charge is 0.478 e. The molecular formula is C24H22N4O2S. The SMILES string of the molecule is Cc1ccnc(Nc2cccc(-c3ccc(CNCc4ccc(C(=O)O)cc4)s3)n2)c1. The van der Waals surface area contributed by atoms with Gasteiger partial charge in [0.1, 0.15) is 11.6 Å². The summed E-state index contributed by atoms with van der Waals surface area (Å²) in [4.78, 5) is 22.3. The number of hydrogen-bond donors (Lipinski definition) is 3. The number of aromatic nitrogens is 2. The lowest BCUT2D eigenvalue weighted by Crippen LogP contribution is -2.11. The molecule has 4 aromatic rings. The van der Waals surface area contributed by atoms with Crippen molar-refractivity contribution in [1.82, 2.24) is 15.3 Å². The number of pyridine rings is 2. The van der Waals surface area contributed by atoms with Gasteiger partial charge in [0.25, 0.3) is 0 Å². The molecule has 0 aliphatic heterocycles. The molecule has 3 aromatic heterocycles. The summed E-state index contributed by atoms with van der Waals surface area (Å²) in [5.74, 6) is 0.624. The lowest BCUT2D eigenvalue weighted by atomic mass is 10.1. The van der Waals surface area contributed by atoms with Gasteiger partial charge in [0.05, 0.1) is 16.1 Å². The zero-order valence-corrected chi connectivity index (χ0v) is 17.8. The first-order valence-corrected chi connectivity index (χ1v) is 10.7. The number of aromatic carboxylic acids is 1. The number of carboxylic acids is 1. The highest BCUT2D eigenvalue weighted by Gasteiger charge is 2.07. The van der Waals surface area contributed by atoms with Gasteiger partial charge in [0.2, 0.25) is 0 Å². The summed E-state index contributed by atoms with van der Waals surface area (Å²) in [6.45, 7) is 3.44. The zero-order chi connectivity index (χ0) is 21.6. The van der Waals surface area contributed by atoms with Crippen LogP contribution in [0, 0.1) is 6.92 Å². The van der Waals surface area contributed by atoms with E-state index in [9.17, 15) is 4.79 Å². The summed E-state index contributed by atoms with van der Waals surface area (Å²) in [6.07, 6.45) is 1.78. The molecule has 0 atom stereocenters. The van der Waals surface area contributed by atoms with Crippen molar-refractivity contribution >= 4 is 28.9 Å². The Morgan fingerprint density at radius 2 is 1.84 bits per heavy atom. The van der Waals surface area contributed by atoms with Crippen molar-refractivity contribution in [3.8, 4) is 10.6 Å². The molecule has 3 heterocycles. The molecule has 7 heteroatoms. The summed E-state index contributed by atoms with van der Waals surface area (Å²) >= 11 is 1.70. The molecule has 31 heavy (non-hydrogen) atoms. The number of thiophene rings is 1. The number of rotatable bonds is 8. The molecule has 0 bridgehead atoms. The van der Waals surface area contributed by atoms with Gasteiger partial charge in [-0.3, -0.25) is 0 Å². The number of nitrogens with one attached hydrogen (secondary N) is 2. The van der Waals surface area contributed by atoms with E-state index in [4.69, 9.17) is 10.1 Å². The third-order valence-corrected chi connectivity index (χ3v) is 5.77. The Morgan fingerprint density at radius 1 is 1.00 bits per heavy atom. The van der Waals surface area contributed by atoms with Crippen molar-refractivity contribution in [2.24, 2.45) is 0 Å². The van der Waals surface area contributed by atoms with E-state index in [0.29, 0.717) is 12.1 Å². The standard InChI is InChI=1S/C24H22N4O2S/c1-16-11-12-26-23(13-16)28-22-4-2-3-20(27-22)21-10-9-19(31-21)15-25-14-17-5-7-18(8-6-17)24(29)30/h2-13,25H,14-15H2,1H3,(H,29,30)(H,26,27,28). The van der Waals surface area contributed by atoms with Crippen molar-refractivity contribution in [2.75, 3.05) is 5.32 Å². The fraction of sp³-hybridized carbons (Fsp3) is 0.125. The van der Waals surface area contributed by atoms with Crippen LogP contribution in [0.5, 0.6) is 0 Å². The Balaban J connectivity index is 1.36. The number of aryl methyl sites for hydroxylation is 1. The van der Waals surface area contributed by atoms with Gasteiger partial charge < -0.3 is 15.7 Å². The van der Waals surface area contributed by atoms with Crippen LogP contribution in [0.1, 0.15) is 26.4 Å². The smallest absolute Gasteiger partial charge is 0.335 e. The van der Waals surface area contributed by atoms with E-state index in [2.05, 4.69) is 27.8 Å². The lowest BCUT2D eigenvalue weighted by molar-refractivity contribution is 0.0697. The fourth-order valence-electron chi connectivity index (χ4n) is 3.08. The molecule has 0 amide bonds. The molecule has 4 rings (SSSR count). The lowest BCUT2D eigenvalue weighted by Gasteiger charge is -2.06. The molecule has 0 aliphatic rings. The van der Waals surface area contributed by atoms with Crippen LogP contribution in [0.3, 0.4) is 0 Å². The van der Waals surface area contributed by atoms with Gasteiger partial charge in [-0.05, 0) is 66.6 Å². The van der Waals surface area contributed by atoms with Crippen LogP contribution in [0.4, 0.5) is 11.6 Å². The van der Waals surface area contributed by atoms with Crippen LogP contribution in [0.2, 0.25) is 0 Å². The van der Waals surface area contributed by atoms with Gasteiger partial charge in [-0.1, -0.05) is 18.2 Å². The van der Waals surface area contributed by atoms with Gasteiger partial charge in [-0.25, -0.2) is 14.8 Å².